The summed E-state index contributed by atoms with van der Waals surface area (Å²) in [5.74, 6) is 1.38. The maximum atomic E-state index is 12.3. The van der Waals surface area contributed by atoms with Crippen LogP contribution in [0.25, 0.3) is 11.4 Å². The van der Waals surface area contributed by atoms with Crippen molar-refractivity contribution in [3.05, 3.63) is 48.7 Å². The SMILES string of the molecule is COCCNC(=O)[C@@H](C)Sc1nnc(-c2cccnc2)n1Cc1ccco1. The number of nitrogens with zero attached hydrogens (tertiary/aromatic N) is 4. The molecule has 1 amide bonds. The molecule has 0 unspecified atom stereocenters. The molecule has 142 valence electrons. The maximum Gasteiger partial charge on any atom is 0.233 e. The lowest BCUT2D eigenvalue weighted by molar-refractivity contribution is -0.120. The van der Waals surface area contributed by atoms with E-state index in [1.54, 1.807) is 25.8 Å². The molecule has 8 nitrogen and oxygen atoms in total. The quantitative estimate of drug-likeness (QED) is 0.444. The smallest absolute Gasteiger partial charge is 0.233 e. The van der Waals surface area contributed by atoms with Gasteiger partial charge in [0.1, 0.15) is 5.76 Å². The van der Waals surface area contributed by atoms with Gasteiger partial charge in [-0.3, -0.25) is 14.3 Å². The number of carbonyl (C=O) groups is 1. The molecule has 0 aromatic carbocycles. The second-order valence-corrected chi connectivity index (χ2v) is 7.07. The predicted molar refractivity (Wildman–Crippen MR) is 101 cm³/mol. The minimum Gasteiger partial charge on any atom is -0.467 e. The van der Waals surface area contributed by atoms with Gasteiger partial charge in [0.05, 0.1) is 24.7 Å². The Kier molecular flexibility index (Phi) is 6.61. The molecule has 0 fully saturated rings. The van der Waals surface area contributed by atoms with Gasteiger partial charge < -0.3 is 14.5 Å². The highest BCUT2D eigenvalue weighted by Crippen LogP contribution is 2.27. The molecule has 0 bridgehead atoms. The molecule has 0 saturated carbocycles. The van der Waals surface area contributed by atoms with Crippen molar-refractivity contribution in [3.63, 3.8) is 0 Å². The van der Waals surface area contributed by atoms with Gasteiger partial charge in [-0.05, 0) is 31.2 Å². The van der Waals surface area contributed by atoms with E-state index in [4.69, 9.17) is 9.15 Å². The summed E-state index contributed by atoms with van der Waals surface area (Å²) in [6.45, 7) is 3.25. The highest BCUT2D eigenvalue weighted by molar-refractivity contribution is 8.00. The minimum absolute atomic E-state index is 0.0764. The monoisotopic (exact) mass is 387 g/mol. The van der Waals surface area contributed by atoms with Crippen LogP contribution >= 0.6 is 11.8 Å². The van der Waals surface area contributed by atoms with Crippen LogP contribution in [-0.2, 0) is 16.1 Å². The molecule has 0 radical (unpaired) electrons. The van der Waals surface area contributed by atoms with E-state index < -0.39 is 0 Å². The number of amides is 1. The van der Waals surface area contributed by atoms with Crippen molar-refractivity contribution >= 4 is 17.7 Å². The average Bonchev–Trinajstić information content (AvgIpc) is 3.33. The molecule has 1 N–H and O–H groups in total. The van der Waals surface area contributed by atoms with Gasteiger partial charge in [0, 0.05) is 31.6 Å². The van der Waals surface area contributed by atoms with Gasteiger partial charge in [-0.15, -0.1) is 10.2 Å². The van der Waals surface area contributed by atoms with Crippen LogP contribution < -0.4 is 5.32 Å². The van der Waals surface area contributed by atoms with E-state index in [0.29, 0.717) is 30.7 Å². The normalized spacial score (nSPS) is 12.1. The van der Waals surface area contributed by atoms with E-state index in [0.717, 1.165) is 11.3 Å². The molecular weight excluding hydrogens is 366 g/mol. The molecule has 0 saturated heterocycles. The number of hydrogen-bond donors (Lipinski definition) is 1. The number of ether oxygens (including phenoxy) is 1. The van der Waals surface area contributed by atoms with E-state index >= 15 is 0 Å². The minimum atomic E-state index is -0.330. The second-order valence-electron chi connectivity index (χ2n) is 5.76. The molecule has 0 spiro atoms. The van der Waals surface area contributed by atoms with Crippen LogP contribution in [0.2, 0.25) is 0 Å². The fourth-order valence-corrected chi connectivity index (χ4v) is 3.29. The average molecular weight is 387 g/mol. The van der Waals surface area contributed by atoms with Crippen LogP contribution in [0.5, 0.6) is 0 Å². The lowest BCUT2D eigenvalue weighted by Gasteiger charge is -2.13. The van der Waals surface area contributed by atoms with Crippen LogP contribution in [0.15, 0.2) is 52.5 Å². The van der Waals surface area contributed by atoms with Crippen LogP contribution in [0.4, 0.5) is 0 Å². The first kappa shape index (κ1) is 19.1. The van der Waals surface area contributed by atoms with Gasteiger partial charge in [0.25, 0.3) is 0 Å². The first-order valence-electron chi connectivity index (χ1n) is 8.48. The second kappa shape index (κ2) is 9.33. The fraction of sp³-hybridized carbons (Fsp3) is 0.333. The number of aromatic nitrogens is 4. The first-order chi connectivity index (χ1) is 13.2. The Morgan fingerprint density at radius 1 is 1.37 bits per heavy atom. The zero-order valence-corrected chi connectivity index (χ0v) is 16.0. The van der Waals surface area contributed by atoms with E-state index in [9.17, 15) is 4.79 Å². The van der Waals surface area contributed by atoms with Gasteiger partial charge in [-0.25, -0.2) is 0 Å². The molecule has 9 heteroatoms. The van der Waals surface area contributed by atoms with Crippen molar-refractivity contribution in [2.45, 2.75) is 23.9 Å². The molecule has 3 rings (SSSR count). The van der Waals surface area contributed by atoms with Crippen LogP contribution in [0.3, 0.4) is 0 Å². The Morgan fingerprint density at radius 3 is 2.96 bits per heavy atom. The topological polar surface area (TPSA) is 95.1 Å². The Balaban J connectivity index is 1.82. The van der Waals surface area contributed by atoms with Gasteiger partial charge in [-0.1, -0.05) is 11.8 Å². The number of rotatable bonds is 9. The van der Waals surface area contributed by atoms with E-state index in [1.807, 2.05) is 35.8 Å². The number of carbonyl (C=O) groups excluding carboxylic acids is 1. The number of furan rings is 1. The zero-order valence-electron chi connectivity index (χ0n) is 15.2. The van der Waals surface area contributed by atoms with E-state index in [1.165, 1.54) is 11.8 Å². The summed E-state index contributed by atoms with van der Waals surface area (Å²) in [7, 11) is 1.60. The van der Waals surface area contributed by atoms with Crippen molar-refractivity contribution in [3.8, 4) is 11.4 Å². The molecule has 0 aliphatic rings. The first-order valence-corrected chi connectivity index (χ1v) is 9.36. The lowest BCUT2D eigenvalue weighted by atomic mass is 10.2. The molecule has 3 heterocycles. The van der Waals surface area contributed by atoms with Gasteiger partial charge in [0.2, 0.25) is 5.91 Å². The van der Waals surface area contributed by atoms with E-state index in [-0.39, 0.29) is 11.2 Å². The highest BCUT2D eigenvalue weighted by atomic mass is 32.2. The molecule has 3 aromatic rings. The van der Waals surface area contributed by atoms with Crippen molar-refractivity contribution in [1.82, 2.24) is 25.1 Å². The van der Waals surface area contributed by atoms with Crippen LogP contribution in [0, 0.1) is 0 Å². The third kappa shape index (κ3) is 4.95. The van der Waals surface area contributed by atoms with Crippen molar-refractivity contribution in [1.29, 1.82) is 0 Å². The maximum absolute atomic E-state index is 12.3. The van der Waals surface area contributed by atoms with Gasteiger partial charge in [-0.2, -0.15) is 0 Å². The van der Waals surface area contributed by atoms with Crippen LogP contribution in [-0.4, -0.2) is 51.2 Å². The summed E-state index contributed by atoms with van der Waals surface area (Å²) in [6.07, 6.45) is 5.07. The summed E-state index contributed by atoms with van der Waals surface area (Å²) in [6, 6.07) is 7.50. The molecule has 0 aliphatic carbocycles. The standard InChI is InChI=1S/C18H21N5O3S/c1-13(17(24)20-8-10-25-2)27-18-22-21-16(14-5-3-7-19-11-14)23(18)12-15-6-4-9-26-15/h3-7,9,11,13H,8,10,12H2,1-2H3,(H,20,24)/t13-/m1/s1. The summed E-state index contributed by atoms with van der Waals surface area (Å²) in [5, 5.41) is 11.8. The largest absolute Gasteiger partial charge is 0.467 e. The van der Waals surface area contributed by atoms with E-state index in [2.05, 4.69) is 20.5 Å². The third-order valence-electron chi connectivity index (χ3n) is 3.79. The van der Waals surface area contributed by atoms with Gasteiger partial charge >= 0.3 is 0 Å². The van der Waals surface area contributed by atoms with Crippen molar-refractivity contribution in [2.75, 3.05) is 20.3 Å². The molecule has 3 aromatic heterocycles. The van der Waals surface area contributed by atoms with Crippen LogP contribution in [0.1, 0.15) is 12.7 Å². The molecule has 27 heavy (non-hydrogen) atoms. The summed E-state index contributed by atoms with van der Waals surface area (Å²) in [5.41, 5.74) is 0.848. The van der Waals surface area contributed by atoms with Crippen molar-refractivity contribution < 1.29 is 13.9 Å². The predicted octanol–water partition coefficient (Wildman–Crippen LogP) is 2.22. The zero-order chi connectivity index (χ0) is 19.1. The number of thioether (sulfide) groups is 1. The summed E-state index contributed by atoms with van der Waals surface area (Å²) < 4.78 is 12.4. The Hall–Kier alpha value is -2.65. The van der Waals surface area contributed by atoms with Crippen molar-refractivity contribution in [2.24, 2.45) is 0 Å². The number of methoxy groups -OCH3 is 1. The number of nitrogens with one attached hydrogen (secondary N) is 1. The Labute approximate surface area is 161 Å². The lowest BCUT2D eigenvalue weighted by Crippen LogP contribution is -2.33. The third-order valence-corrected chi connectivity index (χ3v) is 4.87. The fourth-order valence-electron chi connectivity index (χ4n) is 2.42. The number of pyridine rings is 1. The molecule has 1 atom stereocenters. The molecular formula is C18H21N5O3S. The molecule has 0 aliphatic heterocycles. The van der Waals surface area contributed by atoms with Gasteiger partial charge in [0.15, 0.2) is 11.0 Å². The summed E-state index contributed by atoms with van der Waals surface area (Å²) >= 11 is 1.35. The summed E-state index contributed by atoms with van der Waals surface area (Å²) in [4.78, 5) is 16.4. The number of hydrogen-bond acceptors (Lipinski definition) is 7. The highest BCUT2D eigenvalue weighted by Gasteiger charge is 2.21. The Bertz CT molecular complexity index is 851. The Morgan fingerprint density at radius 2 is 2.26 bits per heavy atom.